The number of sulfonamides is 1. The molecule has 1 amide bonds. The van der Waals surface area contributed by atoms with E-state index in [4.69, 9.17) is 0 Å². The lowest BCUT2D eigenvalue weighted by atomic mass is 10.2. The highest BCUT2D eigenvalue weighted by molar-refractivity contribution is 7.89. The van der Waals surface area contributed by atoms with Crippen molar-refractivity contribution in [3.63, 3.8) is 0 Å². The highest BCUT2D eigenvalue weighted by atomic mass is 32.2. The Morgan fingerprint density at radius 1 is 1.15 bits per heavy atom. The van der Waals surface area contributed by atoms with Gasteiger partial charge in [0.25, 0.3) is 5.91 Å². The molecular formula is C17H22N4O3S2. The largest absolute Gasteiger partial charge is 0.356 e. The predicted octanol–water partition coefficient (Wildman–Crippen LogP) is 2.78. The van der Waals surface area contributed by atoms with Gasteiger partial charge in [0.05, 0.1) is 5.69 Å². The molecule has 0 radical (unpaired) electrons. The maximum atomic E-state index is 12.6. The van der Waals surface area contributed by atoms with Crippen molar-refractivity contribution < 1.29 is 13.2 Å². The third-order valence-electron chi connectivity index (χ3n) is 4.92. The average molecular weight is 395 g/mol. The molecule has 0 aromatic carbocycles. The van der Waals surface area contributed by atoms with E-state index < -0.39 is 10.0 Å². The van der Waals surface area contributed by atoms with Gasteiger partial charge in [0.1, 0.15) is 10.6 Å². The molecule has 1 fully saturated rings. The normalized spacial score (nSPS) is 18.5. The van der Waals surface area contributed by atoms with Crippen LogP contribution in [0.25, 0.3) is 0 Å². The lowest BCUT2D eigenvalue weighted by Crippen LogP contribution is -2.27. The van der Waals surface area contributed by atoms with E-state index in [9.17, 15) is 13.2 Å². The van der Waals surface area contributed by atoms with Crippen LogP contribution in [0.2, 0.25) is 0 Å². The summed E-state index contributed by atoms with van der Waals surface area (Å²) in [4.78, 5) is 21.2. The lowest BCUT2D eigenvalue weighted by molar-refractivity contribution is 0.102. The zero-order valence-electron chi connectivity index (χ0n) is 14.5. The number of amides is 1. The summed E-state index contributed by atoms with van der Waals surface area (Å²) >= 11 is 1.52. The maximum Gasteiger partial charge on any atom is 0.273 e. The second-order valence-corrected chi connectivity index (χ2v) is 9.79. The molecule has 3 heterocycles. The Morgan fingerprint density at radius 2 is 1.92 bits per heavy atom. The molecule has 4 rings (SSSR count). The summed E-state index contributed by atoms with van der Waals surface area (Å²) < 4.78 is 26.6. The molecule has 0 spiro atoms. The number of aryl methyl sites for hydroxylation is 2. The van der Waals surface area contributed by atoms with Crippen molar-refractivity contribution in [1.29, 1.82) is 0 Å². The number of nitrogens with zero attached hydrogens (tertiary/aromatic N) is 2. The van der Waals surface area contributed by atoms with Gasteiger partial charge in [-0.25, -0.2) is 13.4 Å². The number of carbonyl (C=O) groups is 1. The molecule has 1 aliphatic heterocycles. The third-order valence-corrected chi connectivity index (χ3v) is 7.87. The first-order valence-electron chi connectivity index (χ1n) is 9.02. The molecule has 0 atom stereocenters. The maximum absolute atomic E-state index is 12.6. The summed E-state index contributed by atoms with van der Waals surface area (Å²) in [5.74, 6) is -0.364. The summed E-state index contributed by atoms with van der Waals surface area (Å²) in [6.07, 6.45) is 8.65. The van der Waals surface area contributed by atoms with Gasteiger partial charge in [0, 0.05) is 24.2 Å². The molecule has 1 aliphatic carbocycles. The van der Waals surface area contributed by atoms with Gasteiger partial charge < -0.3 is 4.98 Å². The minimum atomic E-state index is -3.52. The zero-order chi connectivity index (χ0) is 18.1. The van der Waals surface area contributed by atoms with Crippen LogP contribution in [0.15, 0.2) is 17.2 Å². The molecule has 2 aromatic rings. The Balaban J connectivity index is 1.48. The molecule has 2 aromatic heterocycles. The van der Waals surface area contributed by atoms with Crippen LogP contribution in [-0.2, 0) is 22.9 Å². The van der Waals surface area contributed by atoms with Crippen molar-refractivity contribution in [3.8, 4) is 0 Å². The molecule has 7 nitrogen and oxygen atoms in total. The fraction of sp³-hybridized carbons (Fsp3) is 0.529. The van der Waals surface area contributed by atoms with Gasteiger partial charge in [-0.05, 0) is 44.6 Å². The highest BCUT2D eigenvalue weighted by Gasteiger charge is 2.28. The number of hydrogen-bond acceptors (Lipinski definition) is 5. The number of carbonyl (C=O) groups excluding carboxylic acids is 1. The van der Waals surface area contributed by atoms with Crippen LogP contribution >= 0.6 is 11.3 Å². The van der Waals surface area contributed by atoms with Gasteiger partial charge >= 0.3 is 0 Å². The summed E-state index contributed by atoms with van der Waals surface area (Å²) in [6, 6.07) is 1.40. The fourth-order valence-corrected chi connectivity index (χ4v) is 6.04. The van der Waals surface area contributed by atoms with E-state index >= 15 is 0 Å². The molecule has 9 heteroatoms. The first kappa shape index (κ1) is 17.7. The van der Waals surface area contributed by atoms with Crippen LogP contribution in [0, 0.1) is 0 Å². The van der Waals surface area contributed by atoms with Crippen molar-refractivity contribution >= 4 is 32.4 Å². The van der Waals surface area contributed by atoms with Crippen molar-refractivity contribution in [2.24, 2.45) is 0 Å². The van der Waals surface area contributed by atoms with Gasteiger partial charge in [0.15, 0.2) is 5.13 Å². The molecule has 1 saturated heterocycles. The van der Waals surface area contributed by atoms with Crippen LogP contribution in [0.3, 0.4) is 0 Å². The summed E-state index contributed by atoms with van der Waals surface area (Å²) in [7, 11) is -3.52. The van der Waals surface area contributed by atoms with E-state index in [1.54, 1.807) is 0 Å². The van der Waals surface area contributed by atoms with Crippen LogP contribution < -0.4 is 5.32 Å². The van der Waals surface area contributed by atoms with Crippen LogP contribution in [0.1, 0.15) is 53.2 Å². The predicted molar refractivity (Wildman–Crippen MR) is 100 cm³/mol. The van der Waals surface area contributed by atoms with E-state index in [0.717, 1.165) is 44.2 Å². The second-order valence-electron chi connectivity index (χ2n) is 6.76. The standard InChI is InChI=1S/C17H22N4O3S2/c22-16(20-17-19-13-6-2-1-3-7-15(13)25-17)14-10-12(11-18-14)26(23,24)21-8-4-5-9-21/h10-11,18H,1-9H2,(H,19,20,22). The van der Waals surface area contributed by atoms with E-state index in [-0.39, 0.29) is 16.5 Å². The molecule has 2 aliphatic rings. The minimum absolute atomic E-state index is 0.138. The Labute approximate surface area is 156 Å². The average Bonchev–Trinajstić information content (AvgIpc) is 3.34. The summed E-state index contributed by atoms with van der Waals surface area (Å²) in [6.45, 7) is 1.08. The minimum Gasteiger partial charge on any atom is -0.356 e. The van der Waals surface area contributed by atoms with E-state index in [2.05, 4.69) is 15.3 Å². The van der Waals surface area contributed by atoms with Crippen molar-refractivity contribution in [2.75, 3.05) is 18.4 Å². The Morgan fingerprint density at radius 3 is 2.73 bits per heavy atom. The van der Waals surface area contributed by atoms with Crippen molar-refractivity contribution in [2.45, 2.75) is 49.8 Å². The quantitative estimate of drug-likeness (QED) is 0.780. The molecule has 0 saturated carbocycles. The van der Waals surface area contributed by atoms with Gasteiger partial charge in [-0.1, -0.05) is 6.42 Å². The molecular weight excluding hydrogens is 372 g/mol. The Bertz CT molecular complexity index is 887. The number of thiazole rings is 1. The fourth-order valence-electron chi connectivity index (χ4n) is 3.48. The zero-order valence-corrected chi connectivity index (χ0v) is 16.1. The monoisotopic (exact) mass is 394 g/mol. The van der Waals surface area contributed by atoms with Gasteiger partial charge in [-0.15, -0.1) is 11.3 Å². The van der Waals surface area contributed by atoms with E-state index in [0.29, 0.717) is 18.2 Å². The number of H-pyrrole nitrogens is 1. The summed E-state index contributed by atoms with van der Waals surface area (Å²) in [5, 5.41) is 3.38. The van der Waals surface area contributed by atoms with Gasteiger partial charge in [-0.2, -0.15) is 4.31 Å². The topological polar surface area (TPSA) is 95.2 Å². The number of nitrogens with one attached hydrogen (secondary N) is 2. The summed E-state index contributed by atoms with van der Waals surface area (Å²) in [5.41, 5.74) is 1.32. The van der Waals surface area contributed by atoms with Crippen molar-refractivity contribution in [1.82, 2.24) is 14.3 Å². The van der Waals surface area contributed by atoms with Crippen molar-refractivity contribution in [3.05, 3.63) is 28.5 Å². The number of aromatic amines is 1. The molecule has 140 valence electrons. The highest BCUT2D eigenvalue weighted by Crippen LogP contribution is 2.29. The molecule has 26 heavy (non-hydrogen) atoms. The van der Waals surface area contributed by atoms with Gasteiger partial charge in [0.2, 0.25) is 10.0 Å². The Hall–Kier alpha value is -1.71. The number of fused-ring (bicyclic) bond motifs is 1. The lowest BCUT2D eigenvalue weighted by Gasteiger charge is -2.13. The second kappa shape index (κ2) is 7.13. The SMILES string of the molecule is O=C(Nc1nc2c(s1)CCCCC2)c1cc(S(=O)(=O)N2CCCC2)c[nH]1. The molecule has 0 unspecified atom stereocenters. The smallest absolute Gasteiger partial charge is 0.273 e. The number of rotatable bonds is 4. The van der Waals surface area contributed by atoms with E-state index in [1.807, 2.05) is 0 Å². The third kappa shape index (κ3) is 3.43. The first-order chi connectivity index (χ1) is 12.5. The van der Waals surface area contributed by atoms with E-state index in [1.165, 1.54) is 39.2 Å². The van der Waals surface area contributed by atoms with Crippen LogP contribution in [0.5, 0.6) is 0 Å². The van der Waals surface area contributed by atoms with Gasteiger partial charge in [-0.3, -0.25) is 10.1 Å². The number of anilines is 1. The number of aromatic nitrogens is 2. The van der Waals surface area contributed by atoms with Crippen LogP contribution in [0.4, 0.5) is 5.13 Å². The Kier molecular flexibility index (Phi) is 4.85. The molecule has 2 N–H and O–H groups in total. The first-order valence-corrected chi connectivity index (χ1v) is 11.3. The number of hydrogen-bond donors (Lipinski definition) is 2. The molecule has 0 bridgehead atoms. The van der Waals surface area contributed by atoms with Crippen LogP contribution in [-0.4, -0.2) is 41.7 Å².